The fourth-order valence-electron chi connectivity index (χ4n) is 0. The molecule has 0 aliphatic heterocycles. The van der Waals surface area contributed by atoms with Crippen molar-refractivity contribution in [3.63, 3.8) is 0 Å². The molecule has 0 heterocycles. The second-order valence-electron chi connectivity index (χ2n) is 0. The van der Waals surface area contributed by atoms with Gasteiger partial charge in [-0.3, -0.25) is 0 Å². The van der Waals surface area contributed by atoms with Gasteiger partial charge in [-0.05, 0) is 0 Å². The molecule has 0 unspecified atom stereocenters. The van der Waals surface area contributed by atoms with E-state index in [1.165, 1.54) is 0 Å². The average molecular weight is 216 g/mol. The van der Waals surface area contributed by atoms with Crippen LogP contribution in [0, 0.1) is 41.3 Å². The SMILES string of the molecule is [Al+3].[O-2].[O-2].[O-2].[Pr+3]. The Balaban J connectivity index is 0. The van der Waals surface area contributed by atoms with Gasteiger partial charge in [-0.25, -0.2) is 0 Å². The molecule has 0 amide bonds. The second-order valence-corrected chi connectivity index (χ2v) is 0. The van der Waals surface area contributed by atoms with E-state index in [1.54, 1.807) is 0 Å². The maximum absolute atomic E-state index is 0. The predicted octanol–water partition coefficient (Wildman–Crippen LogP) is -0.737. The third kappa shape index (κ3) is 26.1. The topological polar surface area (TPSA) is 85.5 Å². The van der Waals surface area contributed by atoms with Crippen molar-refractivity contribution in [1.82, 2.24) is 0 Å². The van der Waals surface area contributed by atoms with Crippen molar-refractivity contribution in [2.75, 3.05) is 0 Å². The quantitative estimate of drug-likeness (QED) is 0.477. The van der Waals surface area contributed by atoms with Gasteiger partial charge >= 0.3 is 58.7 Å². The van der Waals surface area contributed by atoms with E-state index in [4.69, 9.17) is 0 Å². The van der Waals surface area contributed by atoms with Gasteiger partial charge in [0.25, 0.3) is 0 Å². The molecule has 0 fully saturated rings. The molecular weight excluding hydrogens is 216 g/mol. The molecular formula is AlO3Pr. The van der Waals surface area contributed by atoms with Gasteiger partial charge in [0.2, 0.25) is 0 Å². The minimum absolute atomic E-state index is 0. The van der Waals surface area contributed by atoms with E-state index in [9.17, 15) is 0 Å². The summed E-state index contributed by atoms with van der Waals surface area (Å²) in [7, 11) is 0. The third-order valence-electron chi connectivity index (χ3n) is 0. The van der Waals surface area contributed by atoms with Crippen molar-refractivity contribution >= 4 is 17.4 Å². The third-order valence-corrected chi connectivity index (χ3v) is 0. The number of hydrogen-bond acceptors (Lipinski definition) is 0. The maximum Gasteiger partial charge on any atom is 3.00 e. The first-order chi connectivity index (χ1) is 0. The molecule has 0 aromatic carbocycles. The summed E-state index contributed by atoms with van der Waals surface area (Å²) in [6, 6.07) is 0. The Bertz CT molecular complexity index is 6.85. The molecule has 0 saturated carbocycles. The largest absolute Gasteiger partial charge is 3.00 e. The van der Waals surface area contributed by atoms with Crippen molar-refractivity contribution < 1.29 is 57.7 Å². The van der Waals surface area contributed by atoms with Gasteiger partial charge in [-0.2, -0.15) is 0 Å². The summed E-state index contributed by atoms with van der Waals surface area (Å²) in [6.07, 6.45) is 0. The number of rotatable bonds is 0. The van der Waals surface area contributed by atoms with Crippen LogP contribution in [0.1, 0.15) is 0 Å². The Labute approximate surface area is 74.1 Å². The molecule has 0 aromatic heterocycles. The first-order valence-corrected chi connectivity index (χ1v) is 0. The van der Waals surface area contributed by atoms with E-state index in [-0.39, 0.29) is 75.1 Å². The van der Waals surface area contributed by atoms with Crippen LogP contribution in [0.15, 0.2) is 0 Å². The van der Waals surface area contributed by atoms with Crippen LogP contribution >= 0.6 is 0 Å². The molecule has 0 atom stereocenters. The molecule has 0 saturated heterocycles. The molecule has 0 radical (unpaired) electrons. The van der Waals surface area contributed by atoms with Crippen LogP contribution in [0.3, 0.4) is 0 Å². The van der Waals surface area contributed by atoms with E-state index in [2.05, 4.69) is 0 Å². The second kappa shape index (κ2) is 41.8. The molecule has 5 heteroatoms. The van der Waals surface area contributed by atoms with Crippen LogP contribution in [0.5, 0.6) is 0 Å². The Kier molecular flexibility index (Phi) is 599. The van der Waals surface area contributed by atoms with E-state index < -0.39 is 0 Å². The van der Waals surface area contributed by atoms with Gasteiger partial charge in [0.15, 0.2) is 0 Å². The minimum Gasteiger partial charge on any atom is -2.00 e. The smallest absolute Gasteiger partial charge is 2.00 e. The maximum atomic E-state index is 0. The van der Waals surface area contributed by atoms with E-state index in [1.807, 2.05) is 0 Å². The molecule has 3 nitrogen and oxygen atoms in total. The molecule has 0 bridgehead atoms. The normalized spacial score (nSPS) is 0. The zero-order valence-electron chi connectivity index (χ0n) is 2.38. The summed E-state index contributed by atoms with van der Waals surface area (Å²) in [5.41, 5.74) is 0. The molecule has 0 aliphatic rings. The van der Waals surface area contributed by atoms with E-state index in [0.29, 0.717) is 0 Å². The summed E-state index contributed by atoms with van der Waals surface area (Å²) in [4.78, 5) is 0. The summed E-state index contributed by atoms with van der Waals surface area (Å²) in [5, 5.41) is 0. The standard InChI is InChI=1S/Al.3O.Pr/q+3;3*-2;+3. The van der Waals surface area contributed by atoms with Crippen LogP contribution in [-0.4, -0.2) is 17.4 Å². The average Bonchev–Trinajstić information content (AvgIpc) is 0. The molecule has 0 rings (SSSR count). The van der Waals surface area contributed by atoms with E-state index in [0.717, 1.165) is 0 Å². The Hall–Kier alpha value is 1.78. The molecule has 0 N–H and O–H groups in total. The number of hydrogen-bond donors (Lipinski definition) is 0. The van der Waals surface area contributed by atoms with Crippen molar-refractivity contribution in [2.45, 2.75) is 0 Å². The molecule has 0 aromatic rings. The van der Waals surface area contributed by atoms with Crippen molar-refractivity contribution in [3.8, 4) is 0 Å². The minimum atomic E-state index is 0. The molecule has 0 aliphatic carbocycles. The molecule has 0 spiro atoms. The summed E-state index contributed by atoms with van der Waals surface area (Å²) >= 11 is 0. The van der Waals surface area contributed by atoms with Crippen LogP contribution in [-0.2, 0) is 16.4 Å². The summed E-state index contributed by atoms with van der Waals surface area (Å²) in [6.45, 7) is 0. The Morgan fingerprint density at radius 1 is 0.600 bits per heavy atom. The Morgan fingerprint density at radius 2 is 0.600 bits per heavy atom. The van der Waals surface area contributed by atoms with E-state index >= 15 is 0 Å². The van der Waals surface area contributed by atoms with Gasteiger partial charge in [0, 0.05) is 0 Å². The van der Waals surface area contributed by atoms with Crippen molar-refractivity contribution in [1.29, 1.82) is 0 Å². The first kappa shape index (κ1) is 71.7. The van der Waals surface area contributed by atoms with Gasteiger partial charge in [0.1, 0.15) is 0 Å². The van der Waals surface area contributed by atoms with Gasteiger partial charge in [0.05, 0.1) is 0 Å². The van der Waals surface area contributed by atoms with Gasteiger partial charge < -0.3 is 16.4 Å². The van der Waals surface area contributed by atoms with Gasteiger partial charge in [-0.1, -0.05) is 0 Å². The van der Waals surface area contributed by atoms with Crippen LogP contribution in [0.4, 0.5) is 0 Å². The first-order valence-electron chi connectivity index (χ1n) is 0. The summed E-state index contributed by atoms with van der Waals surface area (Å²) in [5.74, 6) is 0. The van der Waals surface area contributed by atoms with Gasteiger partial charge in [-0.15, -0.1) is 0 Å². The summed E-state index contributed by atoms with van der Waals surface area (Å²) < 4.78 is 0. The van der Waals surface area contributed by atoms with Crippen LogP contribution in [0.2, 0.25) is 0 Å². The van der Waals surface area contributed by atoms with Crippen molar-refractivity contribution in [3.05, 3.63) is 0 Å². The molecule has 24 valence electrons. The fourth-order valence-corrected chi connectivity index (χ4v) is 0. The monoisotopic (exact) mass is 216 g/mol. The zero-order valence-corrected chi connectivity index (χ0v) is 7.24. The predicted molar refractivity (Wildman–Crippen MR) is 7.81 cm³/mol. The van der Waals surface area contributed by atoms with Crippen LogP contribution in [0.25, 0.3) is 0 Å². The molecule has 5 heavy (non-hydrogen) atoms. The van der Waals surface area contributed by atoms with Crippen molar-refractivity contribution in [2.24, 2.45) is 0 Å². The fraction of sp³-hybridized carbons (Fsp3) is 0. The zero-order chi connectivity index (χ0) is 0. The Morgan fingerprint density at radius 3 is 0.600 bits per heavy atom. The van der Waals surface area contributed by atoms with Crippen LogP contribution < -0.4 is 0 Å².